The molecule has 0 fully saturated rings. The molecule has 0 spiro atoms. The maximum Gasteiger partial charge on any atom is 0.166 e. The third-order valence-electron chi connectivity index (χ3n) is 2.26. The summed E-state index contributed by atoms with van der Waals surface area (Å²) in [6.45, 7) is 0. The van der Waals surface area contributed by atoms with Crippen molar-refractivity contribution in [3.63, 3.8) is 0 Å². The lowest BCUT2D eigenvalue weighted by Gasteiger charge is -2.06. The van der Waals surface area contributed by atoms with Crippen molar-refractivity contribution in [1.82, 2.24) is 0 Å². The SMILES string of the molecule is O=S1(=O)[C@@H]2C=CCC[C@@H]1C=C2. The summed E-state index contributed by atoms with van der Waals surface area (Å²) in [4.78, 5) is 0. The summed E-state index contributed by atoms with van der Waals surface area (Å²) in [5.74, 6) is 0. The highest BCUT2D eigenvalue weighted by Gasteiger charge is 2.35. The average Bonchev–Trinajstić information content (AvgIpc) is 2.00. The van der Waals surface area contributed by atoms with Crippen molar-refractivity contribution in [3.05, 3.63) is 24.3 Å². The van der Waals surface area contributed by atoms with Gasteiger partial charge < -0.3 is 0 Å². The zero-order valence-electron chi connectivity index (χ0n) is 6.10. The van der Waals surface area contributed by atoms with Gasteiger partial charge in [0.2, 0.25) is 0 Å². The first kappa shape index (κ1) is 7.10. The zero-order chi connectivity index (χ0) is 7.90. The van der Waals surface area contributed by atoms with E-state index in [4.69, 9.17) is 0 Å². The van der Waals surface area contributed by atoms with E-state index in [1.165, 1.54) is 0 Å². The van der Waals surface area contributed by atoms with Crippen LogP contribution in [0.3, 0.4) is 0 Å². The fourth-order valence-electron chi connectivity index (χ4n) is 1.58. The maximum absolute atomic E-state index is 11.5. The monoisotopic (exact) mass is 170 g/mol. The molecule has 60 valence electrons. The van der Waals surface area contributed by atoms with Gasteiger partial charge in [-0.25, -0.2) is 8.42 Å². The standard InChI is InChI=1S/C8H10O2S/c9-11(10)7-3-1-2-4-8(11)6-5-7/h1,3,5-8H,2,4H2/t7-,8-/m1/s1. The van der Waals surface area contributed by atoms with Crippen molar-refractivity contribution in [2.45, 2.75) is 23.3 Å². The minimum Gasteiger partial charge on any atom is -0.227 e. The summed E-state index contributed by atoms with van der Waals surface area (Å²) in [7, 11) is -2.86. The summed E-state index contributed by atoms with van der Waals surface area (Å²) < 4.78 is 23.0. The van der Waals surface area contributed by atoms with Gasteiger partial charge in [0.1, 0.15) is 0 Å². The van der Waals surface area contributed by atoms with Gasteiger partial charge in [-0.05, 0) is 12.8 Å². The van der Waals surface area contributed by atoms with Gasteiger partial charge in [-0.15, -0.1) is 0 Å². The van der Waals surface area contributed by atoms with E-state index >= 15 is 0 Å². The minimum absolute atomic E-state index is 0.206. The first-order valence-electron chi connectivity index (χ1n) is 3.79. The number of hydrogen-bond acceptors (Lipinski definition) is 2. The molecule has 0 aliphatic carbocycles. The first-order valence-corrected chi connectivity index (χ1v) is 5.40. The van der Waals surface area contributed by atoms with Crippen LogP contribution in [0.15, 0.2) is 24.3 Å². The lowest BCUT2D eigenvalue weighted by molar-refractivity contribution is 0.588. The van der Waals surface area contributed by atoms with E-state index in [2.05, 4.69) is 0 Å². The van der Waals surface area contributed by atoms with Gasteiger partial charge in [0.25, 0.3) is 0 Å². The van der Waals surface area contributed by atoms with Crippen LogP contribution in [0.4, 0.5) is 0 Å². The molecule has 2 aliphatic rings. The third-order valence-corrected chi connectivity index (χ3v) is 4.57. The van der Waals surface area contributed by atoms with Crippen LogP contribution in [-0.2, 0) is 9.84 Å². The van der Waals surface area contributed by atoms with Gasteiger partial charge >= 0.3 is 0 Å². The van der Waals surface area contributed by atoms with Crippen LogP contribution in [0.5, 0.6) is 0 Å². The third kappa shape index (κ3) is 0.948. The number of allylic oxidation sites excluding steroid dienone is 1. The highest BCUT2D eigenvalue weighted by molar-refractivity contribution is 7.93. The van der Waals surface area contributed by atoms with Crippen LogP contribution in [0.2, 0.25) is 0 Å². The van der Waals surface area contributed by atoms with Crippen molar-refractivity contribution < 1.29 is 8.42 Å². The summed E-state index contributed by atoms with van der Waals surface area (Å²) >= 11 is 0. The van der Waals surface area contributed by atoms with Crippen LogP contribution >= 0.6 is 0 Å². The van der Waals surface area contributed by atoms with E-state index < -0.39 is 9.84 Å². The molecular weight excluding hydrogens is 160 g/mol. The van der Waals surface area contributed by atoms with Crippen molar-refractivity contribution in [3.8, 4) is 0 Å². The van der Waals surface area contributed by atoms with Crippen LogP contribution in [-0.4, -0.2) is 18.9 Å². The lowest BCUT2D eigenvalue weighted by atomic mass is 10.1. The van der Waals surface area contributed by atoms with Gasteiger partial charge in [-0.1, -0.05) is 24.3 Å². The molecule has 0 amide bonds. The average molecular weight is 170 g/mol. The first-order chi connectivity index (χ1) is 5.21. The zero-order valence-corrected chi connectivity index (χ0v) is 6.92. The summed E-state index contributed by atoms with van der Waals surface area (Å²) in [6.07, 6.45) is 9.01. The molecule has 11 heavy (non-hydrogen) atoms. The molecule has 3 heteroatoms. The Kier molecular flexibility index (Phi) is 1.42. The second-order valence-electron chi connectivity index (χ2n) is 2.98. The Balaban J connectivity index is 2.50. The molecule has 2 atom stereocenters. The fourth-order valence-corrected chi connectivity index (χ4v) is 3.40. The number of rotatable bonds is 0. The molecule has 0 saturated heterocycles. The second kappa shape index (κ2) is 2.21. The summed E-state index contributed by atoms with van der Waals surface area (Å²) in [5, 5.41) is -0.530. The number of sulfone groups is 1. The molecule has 2 bridgehead atoms. The molecule has 0 unspecified atom stereocenters. The van der Waals surface area contributed by atoms with Gasteiger partial charge in [0, 0.05) is 0 Å². The Labute approximate surface area is 66.5 Å². The molecule has 0 aromatic heterocycles. The quantitative estimate of drug-likeness (QED) is 0.509. The smallest absolute Gasteiger partial charge is 0.166 e. The van der Waals surface area contributed by atoms with E-state index in [1.807, 2.05) is 12.2 Å². The van der Waals surface area contributed by atoms with Crippen LogP contribution < -0.4 is 0 Å². The van der Waals surface area contributed by atoms with Crippen LogP contribution in [0.1, 0.15) is 12.8 Å². The number of hydrogen-bond donors (Lipinski definition) is 0. The molecular formula is C8H10O2S. The lowest BCUT2D eigenvalue weighted by Crippen LogP contribution is -2.20. The molecule has 2 nitrogen and oxygen atoms in total. The van der Waals surface area contributed by atoms with E-state index in [1.54, 1.807) is 12.2 Å². The topological polar surface area (TPSA) is 34.1 Å². The molecule has 2 aliphatic heterocycles. The van der Waals surface area contributed by atoms with Gasteiger partial charge in [0.15, 0.2) is 9.84 Å². The maximum atomic E-state index is 11.5. The van der Waals surface area contributed by atoms with E-state index in [0.717, 1.165) is 12.8 Å². The summed E-state index contributed by atoms with van der Waals surface area (Å²) in [6, 6.07) is 0. The second-order valence-corrected chi connectivity index (χ2v) is 5.31. The summed E-state index contributed by atoms with van der Waals surface area (Å²) in [5.41, 5.74) is 0. The molecule has 0 radical (unpaired) electrons. The molecule has 0 N–H and O–H groups in total. The van der Waals surface area contributed by atoms with E-state index in [9.17, 15) is 8.42 Å². The fraction of sp³-hybridized carbons (Fsp3) is 0.500. The Bertz CT molecular complexity index is 311. The minimum atomic E-state index is -2.86. The predicted octanol–water partition coefficient (Wildman–Crippen LogP) is 1.06. The Morgan fingerprint density at radius 1 is 1.18 bits per heavy atom. The molecule has 2 heterocycles. The van der Waals surface area contributed by atoms with Crippen molar-refractivity contribution in [2.24, 2.45) is 0 Å². The van der Waals surface area contributed by atoms with E-state index in [0.29, 0.717) is 0 Å². The molecule has 2 rings (SSSR count). The van der Waals surface area contributed by atoms with Gasteiger partial charge in [-0.3, -0.25) is 0 Å². The number of fused-ring (bicyclic) bond motifs is 2. The Morgan fingerprint density at radius 2 is 2.00 bits per heavy atom. The molecule has 0 saturated carbocycles. The molecule has 0 aromatic carbocycles. The van der Waals surface area contributed by atoms with E-state index in [-0.39, 0.29) is 10.5 Å². The van der Waals surface area contributed by atoms with Crippen molar-refractivity contribution >= 4 is 9.84 Å². The van der Waals surface area contributed by atoms with Crippen molar-refractivity contribution in [1.29, 1.82) is 0 Å². The Morgan fingerprint density at radius 3 is 2.82 bits per heavy atom. The predicted molar refractivity (Wildman–Crippen MR) is 44.0 cm³/mol. The van der Waals surface area contributed by atoms with Gasteiger partial charge in [0.05, 0.1) is 10.5 Å². The normalized spacial score (nSPS) is 38.9. The van der Waals surface area contributed by atoms with Crippen LogP contribution in [0, 0.1) is 0 Å². The highest BCUT2D eigenvalue weighted by atomic mass is 32.2. The molecule has 0 aromatic rings. The Hall–Kier alpha value is -0.570. The van der Waals surface area contributed by atoms with Gasteiger partial charge in [-0.2, -0.15) is 0 Å². The highest BCUT2D eigenvalue weighted by Crippen LogP contribution is 2.27. The van der Waals surface area contributed by atoms with Crippen molar-refractivity contribution in [2.75, 3.05) is 0 Å². The largest absolute Gasteiger partial charge is 0.227 e. The van der Waals surface area contributed by atoms with Crippen LogP contribution in [0.25, 0.3) is 0 Å².